The molecule has 3 aromatic heterocycles. The van der Waals surface area contributed by atoms with Crippen molar-refractivity contribution in [1.82, 2.24) is 24.5 Å². The predicted octanol–water partition coefficient (Wildman–Crippen LogP) is 13.3. The van der Waals surface area contributed by atoms with Gasteiger partial charge < -0.3 is 9.47 Å². The van der Waals surface area contributed by atoms with E-state index in [1.54, 1.807) is 0 Å². The van der Waals surface area contributed by atoms with Crippen LogP contribution >= 0.6 is 0 Å². The van der Waals surface area contributed by atoms with Gasteiger partial charge in [0.1, 0.15) is 5.69 Å². The van der Waals surface area contributed by atoms with Crippen LogP contribution in [0.3, 0.4) is 0 Å². The molecule has 0 saturated carbocycles. The largest absolute Gasteiger partial charge is 0.333 e. The first-order chi connectivity index (χ1) is 30.7. The van der Waals surface area contributed by atoms with Crippen LogP contribution in [0.25, 0.3) is 78.5 Å². The van der Waals surface area contributed by atoms with Crippen molar-refractivity contribution in [3.8, 4) is 51.1 Å². The molecule has 12 rings (SSSR count). The average molecular weight is 795 g/mol. The first kappa shape index (κ1) is 35.7. The van der Waals surface area contributed by atoms with Crippen molar-refractivity contribution in [3.05, 3.63) is 230 Å². The average Bonchev–Trinajstić information content (AvgIpc) is 3.87. The van der Waals surface area contributed by atoms with Gasteiger partial charge in [0, 0.05) is 51.1 Å². The van der Waals surface area contributed by atoms with Crippen LogP contribution in [-0.2, 0) is 0 Å². The van der Waals surface area contributed by atoms with Crippen molar-refractivity contribution in [3.63, 3.8) is 0 Å². The van der Waals surface area contributed by atoms with Crippen LogP contribution in [0.15, 0.2) is 219 Å². The van der Waals surface area contributed by atoms with Gasteiger partial charge in [0.15, 0.2) is 17.5 Å². The Hall–Kier alpha value is -8.22. The van der Waals surface area contributed by atoms with E-state index in [2.05, 4.69) is 161 Å². The fourth-order valence-corrected chi connectivity index (χ4v) is 9.41. The highest BCUT2D eigenvalue weighted by molar-refractivity contribution is 6.15. The van der Waals surface area contributed by atoms with Gasteiger partial charge >= 0.3 is 0 Å². The minimum atomic E-state index is 0.0775. The summed E-state index contributed by atoms with van der Waals surface area (Å²) in [6.45, 7) is 0. The van der Waals surface area contributed by atoms with Gasteiger partial charge in [0.25, 0.3) is 0 Å². The summed E-state index contributed by atoms with van der Waals surface area (Å²) in [4.78, 5) is 22.1. The van der Waals surface area contributed by atoms with Crippen LogP contribution in [0.2, 0.25) is 0 Å². The number of hydrogen-bond donors (Lipinski definition) is 0. The van der Waals surface area contributed by atoms with Crippen LogP contribution in [0.1, 0.15) is 17.0 Å². The normalized spacial score (nSPS) is 15.4. The molecule has 7 aromatic carbocycles. The molecule has 0 N–H and O–H groups in total. The minimum Gasteiger partial charge on any atom is -0.333 e. The lowest BCUT2D eigenvalue weighted by Crippen LogP contribution is -2.29. The van der Waals surface area contributed by atoms with E-state index in [0.29, 0.717) is 23.2 Å². The Morgan fingerprint density at radius 3 is 1.87 bits per heavy atom. The number of para-hydroxylation sites is 3. The van der Waals surface area contributed by atoms with Gasteiger partial charge in [-0.15, -0.1) is 0 Å². The summed E-state index contributed by atoms with van der Waals surface area (Å²) in [5.41, 5.74) is 14.4. The Morgan fingerprint density at radius 1 is 0.468 bits per heavy atom. The van der Waals surface area contributed by atoms with Crippen LogP contribution < -0.4 is 4.90 Å². The van der Waals surface area contributed by atoms with E-state index in [4.69, 9.17) is 19.9 Å². The van der Waals surface area contributed by atoms with E-state index >= 15 is 0 Å². The quantitative estimate of drug-likeness (QED) is 0.161. The summed E-state index contributed by atoms with van der Waals surface area (Å²) in [7, 11) is 0. The number of allylic oxidation sites excluding steroid dienone is 2. The molecule has 2 unspecified atom stereocenters. The van der Waals surface area contributed by atoms with E-state index < -0.39 is 0 Å². The summed E-state index contributed by atoms with van der Waals surface area (Å²) in [6, 6.07) is 68.4. The summed E-state index contributed by atoms with van der Waals surface area (Å²) in [6.07, 6.45) is 8.89. The highest BCUT2D eigenvalue weighted by Gasteiger charge is 2.38. The predicted molar refractivity (Wildman–Crippen MR) is 252 cm³/mol. The lowest BCUT2D eigenvalue weighted by molar-refractivity contribution is 0.747. The van der Waals surface area contributed by atoms with E-state index in [1.165, 1.54) is 44.2 Å². The van der Waals surface area contributed by atoms with E-state index in [1.807, 2.05) is 66.9 Å². The molecule has 1 aliphatic carbocycles. The lowest BCUT2D eigenvalue weighted by Gasteiger charge is -2.30. The number of nitrogens with zero attached hydrogens (tertiary/aromatic N) is 6. The molecule has 0 radical (unpaired) electrons. The molecule has 1 aliphatic heterocycles. The summed E-state index contributed by atoms with van der Waals surface area (Å²) >= 11 is 0. The molecule has 2 aliphatic rings. The summed E-state index contributed by atoms with van der Waals surface area (Å²) in [5, 5.41) is 2.51. The number of rotatable bonds is 7. The molecular formula is C56H38N6. The highest BCUT2D eigenvalue weighted by Crippen LogP contribution is 2.49. The third-order valence-corrected chi connectivity index (χ3v) is 12.2. The number of aromatic nitrogens is 5. The second kappa shape index (κ2) is 14.8. The fraction of sp³-hybridized carbons (Fsp3) is 0.0357. The van der Waals surface area contributed by atoms with Gasteiger partial charge in [0.2, 0.25) is 0 Å². The van der Waals surface area contributed by atoms with E-state index in [-0.39, 0.29) is 12.0 Å². The zero-order valence-corrected chi connectivity index (χ0v) is 33.6. The molecule has 6 nitrogen and oxygen atoms in total. The number of fused-ring (bicyclic) bond motifs is 6. The van der Waals surface area contributed by atoms with Crippen molar-refractivity contribution >= 4 is 38.8 Å². The van der Waals surface area contributed by atoms with Gasteiger partial charge in [-0.2, -0.15) is 0 Å². The lowest BCUT2D eigenvalue weighted by atomic mass is 9.87. The Bertz CT molecular complexity index is 3300. The topological polar surface area (TPSA) is 59.7 Å². The molecular weight excluding hydrogens is 757 g/mol. The van der Waals surface area contributed by atoms with Gasteiger partial charge in [0.05, 0.1) is 17.1 Å². The second-order valence-electron chi connectivity index (χ2n) is 15.8. The second-order valence-corrected chi connectivity index (χ2v) is 15.8. The van der Waals surface area contributed by atoms with Crippen molar-refractivity contribution in [2.75, 3.05) is 4.90 Å². The first-order valence-corrected chi connectivity index (χ1v) is 21.1. The fourth-order valence-electron chi connectivity index (χ4n) is 9.41. The number of benzene rings is 7. The number of anilines is 2. The molecule has 4 heterocycles. The summed E-state index contributed by atoms with van der Waals surface area (Å²) in [5.74, 6) is 1.97. The van der Waals surface area contributed by atoms with Crippen molar-refractivity contribution in [2.45, 2.75) is 12.0 Å². The maximum absolute atomic E-state index is 4.96. The third kappa shape index (κ3) is 6.03. The van der Waals surface area contributed by atoms with Crippen LogP contribution in [0.4, 0.5) is 11.4 Å². The molecule has 62 heavy (non-hydrogen) atoms. The Morgan fingerprint density at radius 2 is 1.11 bits per heavy atom. The zero-order chi connectivity index (χ0) is 41.0. The maximum Gasteiger partial charge on any atom is 0.182 e. The van der Waals surface area contributed by atoms with Gasteiger partial charge in [-0.3, -0.25) is 4.98 Å². The molecule has 0 spiro atoms. The molecule has 10 aromatic rings. The number of hydrogen-bond acceptors (Lipinski definition) is 5. The van der Waals surface area contributed by atoms with Crippen LogP contribution in [0, 0.1) is 0 Å². The van der Waals surface area contributed by atoms with Crippen molar-refractivity contribution in [1.29, 1.82) is 0 Å². The van der Waals surface area contributed by atoms with E-state index in [0.717, 1.165) is 33.6 Å². The van der Waals surface area contributed by atoms with Crippen LogP contribution in [-0.4, -0.2) is 30.5 Å². The SMILES string of the molecule is C1=CC2c3ccccc3N(c3ccc(-c4cccc5c4c4ccccc4n5-c4ccccc4)cc3)C2C=C1c1ccnc(-c2nc(-c3ccccc3)nc(-c3ccccc3)n2)c1. The first-order valence-electron chi connectivity index (χ1n) is 21.1. The summed E-state index contributed by atoms with van der Waals surface area (Å²) < 4.78 is 2.38. The van der Waals surface area contributed by atoms with Gasteiger partial charge in [-0.05, 0) is 82.4 Å². The van der Waals surface area contributed by atoms with Crippen LogP contribution in [0.5, 0.6) is 0 Å². The Labute approximate surface area is 359 Å². The smallest absolute Gasteiger partial charge is 0.182 e. The van der Waals surface area contributed by atoms with Gasteiger partial charge in [-0.25, -0.2) is 15.0 Å². The molecule has 0 fully saturated rings. The zero-order valence-electron chi connectivity index (χ0n) is 33.6. The van der Waals surface area contributed by atoms with Crippen molar-refractivity contribution < 1.29 is 0 Å². The maximum atomic E-state index is 4.96. The standard InChI is InChI=1S/C56H38N6/c1-4-15-38(16-5-1)54-58-55(39-17-6-2-7-18-39)60-56(59-54)48-35-41(33-34-57-48)40-29-32-46-45-21-10-12-24-49(45)62(52(46)36-40)43-30-27-37(28-31-43)44-23-14-26-51-53(44)47-22-11-13-25-50(47)61(51)42-19-8-3-9-20-42/h1-36,46,52H. The molecule has 0 amide bonds. The Kier molecular flexibility index (Phi) is 8.52. The van der Waals surface area contributed by atoms with E-state index in [9.17, 15) is 0 Å². The Balaban J connectivity index is 0.916. The molecule has 0 saturated heterocycles. The molecule has 6 heteroatoms. The minimum absolute atomic E-state index is 0.0775. The molecule has 2 atom stereocenters. The monoisotopic (exact) mass is 794 g/mol. The molecule has 292 valence electrons. The third-order valence-electron chi connectivity index (χ3n) is 12.2. The van der Waals surface area contributed by atoms with Crippen molar-refractivity contribution in [2.24, 2.45) is 0 Å². The highest BCUT2D eigenvalue weighted by atomic mass is 15.2. The van der Waals surface area contributed by atoms with Gasteiger partial charge in [-0.1, -0.05) is 158 Å². The molecule has 0 bridgehead atoms. The number of pyridine rings is 1.